The Morgan fingerprint density at radius 1 is 1.04 bits per heavy atom. The number of nitrogens with one attached hydrogen (secondary N) is 1. The number of anilines is 1. The predicted octanol–water partition coefficient (Wildman–Crippen LogP) is 2.00. The molecule has 150 valence electrons. The van der Waals surface area contributed by atoms with Gasteiger partial charge in [0.05, 0.1) is 17.5 Å². The fraction of sp³-hybridized carbons (Fsp3) is 0.571. The molecule has 6 nitrogen and oxygen atoms in total. The summed E-state index contributed by atoms with van der Waals surface area (Å²) in [6.45, 7) is 8.86. The van der Waals surface area contributed by atoms with Gasteiger partial charge in [-0.15, -0.1) is 11.8 Å². The van der Waals surface area contributed by atoms with E-state index in [4.69, 9.17) is 5.10 Å². The summed E-state index contributed by atoms with van der Waals surface area (Å²) in [6, 6.07) is 13.4. The van der Waals surface area contributed by atoms with Crippen LogP contribution < -0.4 is 10.2 Å². The van der Waals surface area contributed by atoms with Crippen molar-refractivity contribution in [3.8, 4) is 5.69 Å². The smallest absolute Gasteiger partial charge is 0.132 e. The number of rotatable bonds is 4. The molecule has 3 fully saturated rings. The highest BCUT2D eigenvalue weighted by Gasteiger charge is 2.34. The van der Waals surface area contributed by atoms with Crippen LogP contribution in [-0.2, 0) is 0 Å². The lowest BCUT2D eigenvalue weighted by molar-refractivity contribution is 0.177. The molecule has 2 atom stereocenters. The zero-order valence-electron chi connectivity index (χ0n) is 16.6. The van der Waals surface area contributed by atoms with Crippen molar-refractivity contribution in [3.05, 3.63) is 42.1 Å². The molecule has 5 rings (SSSR count). The Labute approximate surface area is 171 Å². The topological polar surface area (TPSA) is 39.6 Å². The number of aryl methyl sites for hydroxylation is 1. The highest BCUT2D eigenvalue weighted by atomic mass is 32.2. The molecular weight excluding hydrogens is 368 g/mol. The average molecular weight is 399 g/mol. The van der Waals surface area contributed by atoms with Crippen LogP contribution >= 0.6 is 11.8 Å². The van der Waals surface area contributed by atoms with Gasteiger partial charge < -0.3 is 10.2 Å². The van der Waals surface area contributed by atoms with Crippen LogP contribution in [0.3, 0.4) is 0 Å². The van der Waals surface area contributed by atoms with Crippen LogP contribution in [0.4, 0.5) is 5.82 Å². The number of nitrogens with zero attached hydrogens (tertiary/aromatic N) is 5. The molecule has 1 N–H and O–H groups in total. The summed E-state index contributed by atoms with van der Waals surface area (Å²) in [5, 5.41) is 8.52. The van der Waals surface area contributed by atoms with Crippen molar-refractivity contribution in [1.29, 1.82) is 0 Å². The fourth-order valence-electron chi connectivity index (χ4n) is 4.71. The molecule has 3 aliphatic heterocycles. The first-order valence-electron chi connectivity index (χ1n) is 10.4. The van der Waals surface area contributed by atoms with Gasteiger partial charge in [0, 0.05) is 63.0 Å². The highest BCUT2D eigenvalue weighted by Crippen LogP contribution is 2.26. The number of aromatic nitrogens is 2. The lowest BCUT2D eigenvalue weighted by atomic mass is 10.1. The predicted molar refractivity (Wildman–Crippen MR) is 116 cm³/mol. The standard InChI is InChI=1S/C21H30N6S/c1-17-13-21(27(23-17)18-5-3-2-4-6-18)25-9-7-24(8-10-25)19-14-20(22-15-19)26-11-12-28-16-26/h2-6,13,19-20,22H,7-12,14-16H2,1H3. The third kappa shape index (κ3) is 3.68. The van der Waals surface area contributed by atoms with Crippen molar-refractivity contribution in [3.63, 3.8) is 0 Å². The summed E-state index contributed by atoms with van der Waals surface area (Å²) in [4.78, 5) is 7.81. The minimum absolute atomic E-state index is 0.584. The maximum atomic E-state index is 4.75. The number of piperazine rings is 1. The number of para-hydroxylation sites is 1. The van der Waals surface area contributed by atoms with Gasteiger partial charge >= 0.3 is 0 Å². The first-order chi connectivity index (χ1) is 13.8. The highest BCUT2D eigenvalue weighted by molar-refractivity contribution is 7.99. The SMILES string of the molecule is Cc1cc(N2CCN(C3CNC(N4CCSC4)C3)CC2)n(-c2ccccc2)n1. The molecule has 3 aliphatic rings. The second kappa shape index (κ2) is 8.06. The molecule has 0 aliphatic carbocycles. The van der Waals surface area contributed by atoms with Crippen LogP contribution in [0, 0.1) is 6.92 Å². The Bertz CT molecular complexity index is 779. The quantitative estimate of drug-likeness (QED) is 0.849. The fourth-order valence-corrected chi connectivity index (χ4v) is 5.75. The second-order valence-corrected chi connectivity index (χ2v) is 9.15. The minimum atomic E-state index is 0.584. The largest absolute Gasteiger partial charge is 0.354 e. The molecule has 4 heterocycles. The summed E-state index contributed by atoms with van der Waals surface area (Å²) < 4.78 is 2.10. The van der Waals surface area contributed by atoms with Crippen LogP contribution in [0.15, 0.2) is 36.4 Å². The lowest BCUT2D eigenvalue weighted by Crippen LogP contribution is -2.51. The van der Waals surface area contributed by atoms with Gasteiger partial charge in [0.25, 0.3) is 0 Å². The Morgan fingerprint density at radius 3 is 2.61 bits per heavy atom. The van der Waals surface area contributed by atoms with E-state index in [1.807, 2.05) is 0 Å². The summed E-state index contributed by atoms with van der Waals surface area (Å²) in [5.41, 5.74) is 2.21. The van der Waals surface area contributed by atoms with Gasteiger partial charge in [-0.2, -0.15) is 5.10 Å². The molecule has 1 aromatic carbocycles. The van der Waals surface area contributed by atoms with Crippen molar-refractivity contribution >= 4 is 17.6 Å². The summed E-state index contributed by atoms with van der Waals surface area (Å²) in [5.74, 6) is 3.71. The van der Waals surface area contributed by atoms with Crippen LogP contribution in [0.1, 0.15) is 12.1 Å². The van der Waals surface area contributed by atoms with E-state index in [1.165, 1.54) is 30.4 Å². The number of benzene rings is 1. The van der Waals surface area contributed by atoms with Crippen LogP contribution in [0.5, 0.6) is 0 Å². The van der Waals surface area contributed by atoms with Crippen molar-refractivity contribution in [2.75, 3.05) is 55.8 Å². The second-order valence-electron chi connectivity index (χ2n) is 8.08. The van der Waals surface area contributed by atoms with E-state index >= 15 is 0 Å². The van der Waals surface area contributed by atoms with Crippen molar-refractivity contribution in [2.24, 2.45) is 0 Å². The molecule has 1 aromatic heterocycles. The molecule has 0 radical (unpaired) electrons. The van der Waals surface area contributed by atoms with E-state index in [0.29, 0.717) is 12.2 Å². The van der Waals surface area contributed by atoms with E-state index in [-0.39, 0.29) is 0 Å². The molecule has 28 heavy (non-hydrogen) atoms. The molecule has 0 spiro atoms. The molecule has 0 amide bonds. The van der Waals surface area contributed by atoms with Gasteiger partial charge in [-0.05, 0) is 25.5 Å². The number of thioether (sulfide) groups is 1. The summed E-state index contributed by atoms with van der Waals surface area (Å²) >= 11 is 2.06. The molecule has 2 aromatic rings. The number of hydrogen-bond donors (Lipinski definition) is 1. The molecule has 3 saturated heterocycles. The van der Waals surface area contributed by atoms with Crippen LogP contribution in [0.25, 0.3) is 5.69 Å². The molecule has 0 saturated carbocycles. The Morgan fingerprint density at radius 2 is 1.86 bits per heavy atom. The first-order valence-corrected chi connectivity index (χ1v) is 11.6. The maximum absolute atomic E-state index is 4.75. The lowest BCUT2D eigenvalue weighted by Gasteiger charge is -2.39. The van der Waals surface area contributed by atoms with E-state index in [9.17, 15) is 0 Å². The van der Waals surface area contributed by atoms with Gasteiger partial charge in [-0.25, -0.2) is 4.68 Å². The van der Waals surface area contributed by atoms with E-state index < -0.39 is 0 Å². The van der Waals surface area contributed by atoms with E-state index in [2.05, 4.69) is 79.8 Å². The average Bonchev–Trinajstić information content (AvgIpc) is 3.49. The Kier molecular flexibility index (Phi) is 5.32. The normalized spacial score (nSPS) is 27.0. The third-order valence-electron chi connectivity index (χ3n) is 6.27. The Balaban J connectivity index is 1.22. The monoisotopic (exact) mass is 398 g/mol. The van der Waals surface area contributed by atoms with Gasteiger partial charge in [0.1, 0.15) is 5.82 Å². The van der Waals surface area contributed by atoms with E-state index in [1.54, 1.807) is 0 Å². The van der Waals surface area contributed by atoms with E-state index in [0.717, 1.165) is 44.1 Å². The molecule has 2 unspecified atom stereocenters. The molecule has 7 heteroatoms. The van der Waals surface area contributed by atoms with Gasteiger partial charge in [0.15, 0.2) is 0 Å². The molecular formula is C21H30N6S. The van der Waals surface area contributed by atoms with Gasteiger partial charge in [-0.1, -0.05) is 18.2 Å². The minimum Gasteiger partial charge on any atom is -0.354 e. The zero-order valence-corrected chi connectivity index (χ0v) is 17.4. The van der Waals surface area contributed by atoms with Crippen molar-refractivity contribution in [2.45, 2.75) is 25.6 Å². The van der Waals surface area contributed by atoms with Crippen LogP contribution in [0.2, 0.25) is 0 Å². The van der Waals surface area contributed by atoms with Crippen molar-refractivity contribution in [1.82, 2.24) is 24.9 Å². The van der Waals surface area contributed by atoms with Gasteiger partial charge in [-0.3, -0.25) is 9.80 Å². The summed E-state index contributed by atoms with van der Waals surface area (Å²) in [7, 11) is 0. The first kappa shape index (κ1) is 18.5. The zero-order chi connectivity index (χ0) is 18.9. The van der Waals surface area contributed by atoms with Crippen molar-refractivity contribution < 1.29 is 0 Å². The van der Waals surface area contributed by atoms with Crippen LogP contribution in [-0.4, -0.2) is 82.7 Å². The summed E-state index contributed by atoms with van der Waals surface area (Å²) in [6.07, 6.45) is 1.85. The van der Waals surface area contributed by atoms with Gasteiger partial charge in [0.2, 0.25) is 0 Å². The Hall–Kier alpha value is -1.54. The molecule has 0 bridgehead atoms. The maximum Gasteiger partial charge on any atom is 0.132 e. The third-order valence-corrected chi connectivity index (χ3v) is 7.26. The number of hydrogen-bond acceptors (Lipinski definition) is 6.